The van der Waals surface area contributed by atoms with E-state index in [9.17, 15) is 20.3 Å². The molecule has 7 nitrogen and oxygen atoms in total. The first-order valence-electron chi connectivity index (χ1n) is 7.32. The van der Waals surface area contributed by atoms with Crippen molar-refractivity contribution in [3.05, 3.63) is 42.0 Å². The van der Waals surface area contributed by atoms with Crippen LogP contribution >= 0.6 is 0 Å². The van der Waals surface area contributed by atoms with Crippen LogP contribution in [0.2, 0.25) is 0 Å². The summed E-state index contributed by atoms with van der Waals surface area (Å²) in [5.41, 5.74) is 0.846. The van der Waals surface area contributed by atoms with Gasteiger partial charge >= 0.3 is 5.97 Å². The Balaban J connectivity index is 2.23. The molecule has 2 rings (SSSR count). The second kappa shape index (κ2) is 7.96. The molecule has 0 aromatic heterocycles. The first-order chi connectivity index (χ1) is 11.6. The molecular weight excluding hydrogens is 312 g/mol. The van der Waals surface area contributed by atoms with Gasteiger partial charge in [-0.3, -0.25) is 4.79 Å². The molecule has 0 heterocycles. The second-order valence-corrected chi connectivity index (χ2v) is 5.17. The second-order valence-electron chi connectivity index (χ2n) is 5.17. The smallest absolute Gasteiger partial charge is 0.305 e. The Morgan fingerprint density at radius 2 is 1.75 bits per heavy atom. The zero-order chi connectivity index (χ0) is 17.5. The third-order valence-electron chi connectivity index (χ3n) is 3.61. The van der Waals surface area contributed by atoms with Gasteiger partial charge in [0.15, 0.2) is 0 Å². The van der Waals surface area contributed by atoms with Crippen LogP contribution in [0.3, 0.4) is 0 Å². The molecule has 0 saturated carbocycles. The molecule has 0 aliphatic carbocycles. The molecule has 7 heteroatoms. The number of hydrogen-bond donors (Lipinski definition) is 3. The topological polar surface area (TPSA) is 112 Å². The van der Waals surface area contributed by atoms with Crippen molar-refractivity contribution in [2.24, 2.45) is 10.3 Å². The third kappa shape index (κ3) is 4.01. The third-order valence-corrected chi connectivity index (χ3v) is 3.61. The fourth-order valence-corrected chi connectivity index (χ4v) is 2.38. The number of esters is 1. The van der Waals surface area contributed by atoms with E-state index >= 15 is 0 Å². The number of aromatic hydroxyl groups is 1. The van der Waals surface area contributed by atoms with Gasteiger partial charge in [0, 0.05) is 12.0 Å². The number of carbonyl (C=O) groups excluding carboxylic acids is 1. The Labute approximate surface area is 138 Å². The Morgan fingerprint density at radius 3 is 2.42 bits per heavy atom. The van der Waals surface area contributed by atoms with Gasteiger partial charge in [0.1, 0.15) is 17.2 Å². The van der Waals surface area contributed by atoms with Crippen molar-refractivity contribution < 1.29 is 25.1 Å². The number of benzene rings is 2. The molecule has 0 bridgehead atoms. The molecule has 0 spiro atoms. The maximum atomic E-state index is 11.1. The molecule has 3 N–H and O–H groups in total. The number of oxime groups is 2. The SMILES string of the molecule is COC(=O)CCCC(=N\O)/C(=N/O)c1ccc2cc(O)ccc2c1. The molecule has 0 radical (unpaired) electrons. The Kier molecular flexibility index (Phi) is 5.73. The molecule has 0 fully saturated rings. The first kappa shape index (κ1) is 17.3. The van der Waals surface area contributed by atoms with Gasteiger partial charge < -0.3 is 20.3 Å². The van der Waals surface area contributed by atoms with Crippen molar-refractivity contribution in [3.8, 4) is 5.75 Å². The van der Waals surface area contributed by atoms with Gasteiger partial charge in [-0.25, -0.2) is 0 Å². The van der Waals surface area contributed by atoms with E-state index in [1.165, 1.54) is 7.11 Å². The summed E-state index contributed by atoms with van der Waals surface area (Å²) >= 11 is 0. The van der Waals surface area contributed by atoms with Gasteiger partial charge in [-0.05, 0) is 41.8 Å². The average molecular weight is 330 g/mol. The molecule has 0 aliphatic rings. The summed E-state index contributed by atoms with van der Waals surface area (Å²) in [4.78, 5) is 11.1. The number of carbonyl (C=O) groups is 1. The van der Waals surface area contributed by atoms with Crippen LogP contribution in [-0.2, 0) is 9.53 Å². The van der Waals surface area contributed by atoms with Gasteiger partial charge in [0.2, 0.25) is 0 Å². The maximum Gasteiger partial charge on any atom is 0.305 e. The van der Waals surface area contributed by atoms with Crippen molar-refractivity contribution in [3.63, 3.8) is 0 Å². The molecule has 0 atom stereocenters. The monoisotopic (exact) mass is 330 g/mol. The van der Waals surface area contributed by atoms with Crippen LogP contribution in [0.25, 0.3) is 10.8 Å². The number of hydrogen-bond acceptors (Lipinski definition) is 7. The summed E-state index contributed by atoms with van der Waals surface area (Å²) in [5.74, 6) is -0.202. The minimum Gasteiger partial charge on any atom is -0.508 e. The van der Waals surface area contributed by atoms with Crippen molar-refractivity contribution in [1.29, 1.82) is 0 Å². The molecule has 24 heavy (non-hydrogen) atoms. The lowest BCUT2D eigenvalue weighted by atomic mass is 9.98. The normalized spacial score (nSPS) is 12.4. The van der Waals surface area contributed by atoms with Crippen molar-refractivity contribution in [1.82, 2.24) is 0 Å². The van der Waals surface area contributed by atoms with E-state index in [0.29, 0.717) is 12.0 Å². The summed E-state index contributed by atoms with van der Waals surface area (Å²) in [5, 5.41) is 36.1. The number of phenols is 1. The lowest BCUT2D eigenvalue weighted by Crippen LogP contribution is -2.16. The summed E-state index contributed by atoms with van der Waals surface area (Å²) in [6.45, 7) is 0. The van der Waals surface area contributed by atoms with Crippen LogP contribution < -0.4 is 0 Å². The van der Waals surface area contributed by atoms with E-state index in [1.807, 2.05) is 0 Å². The fourth-order valence-electron chi connectivity index (χ4n) is 2.38. The molecular formula is C17H18N2O5. The largest absolute Gasteiger partial charge is 0.508 e. The molecule has 2 aromatic rings. The lowest BCUT2D eigenvalue weighted by molar-refractivity contribution is -0.140. The van der Waals surface area contributed by atoms with E-state index in [4.69, 9.17) is 0 Å². The standard InChI is InChI=1S/C17H18N2O5/c1-24-16(21)4-2-3-15(18-22)17(19-23)13-6-5-12-10-14(20)8-7-11(12)9-13/h5-10,20,22-23H,2-4H2,1H3/b18-15+,19-17+. The molecule has 126 valence electrons. The fraction of sp³-hybridized carbons (Fsp3) is 0.235. The van der Waals surface area contributed by atoms with Crippen molar-refractivity contribution in [2.75, 3.05) is 7.11 Å². The molecule has 0 aliphatic heterocycles. The summed E-state index contributed by atoms with van der Waals surface area (Å²) < 4.78 is 4.55. The van der Waals surface area contributed by atoms with E-state index < -0.39 is 0 Å². The van der Waals surface area contributed by atoms with Gasteiger partial charge in [-0.2, -0.15) is 0 Å². The van der Waals surface area contributed by atoms with E-state index in [0.717, 1.165) is 10.8 Å². The highest BCUT2D eigenvalue weighted by atomic mass is 16.5. The minimum absolute atomic E-state index is 0.123. The van der Waals surface area contributed by atoms with Crippen LogP contribution in [0, 0.1) is 0 Å². The van der Waals surface area contributed by atoms with Crippen molar-refractivity contribution >= 4 is 28.2 Å². The van der Waals surface area contributed by atoms with Crippen LogP contribution in [0.15, 0.2) is 46.7 Å². The maximum absolute atomic E-state index is 11.1. The number of rotatable bonds is 6. The van der Waals surface area contributed by atoms with Crippen LogP contribution in [0.4, 0.5) is 0 Å². The summed E-state index contributed by atoms with van der Waals surface area (Å²) in [7, 11) is 1.30. The van der Waals surface area contributed by atoms with Crippen LogP contribution in [-0.4, -0.2) is 40.0 Å². The quantitative estimate of drug-likeness (QED) is 0.326. The lowest BCUT2D eigenvalue weighted by Gasteiger charge is -2.08. The molecule has 2 aromatic carbocycles. The van der Waals surface area contributed by atoms with Crippen LogP contribution in [0.5, 0.6) is 5.75 Å². The minimum atomic E-state index is -0.361. The predicted molar refractivity (Wildman–Crippen MR) is 89.0 cm³/mol. The Hall–Kier alpha value is -3.09. The summed E-state index contributed by atoms with van der Waals surface area (Å²) in [6.07, 6.45) is 0.816. The highest BCUT2D eigenvalue weighted by Crippen LogP contribution is 2.22. The molecule has 0 saturated heterocycles. The van der Waals surface area contributed by atoms with Gasteiger partial charge in [0.25, 0.3) is 0 Å². The molecule has 0 unspecified atom stereocenters. The number of phenolic OH excluding ortho intramolecular Hbond substituents is 1. The van der Waals surface area contributed by atoms with Gasteiger partial charge in [0.05, 0.1) is 7.11 Å². The highest BCUT2D eigenvalue weighted by molar-refractivity contribution is 6.48. The number of ether oxygens (including phenoxy) is 1. The predicted octanol–water partition coefficient (Wildman–Crippen LogP) is 2.90. The number of methoxy groups -OCH3 is 1. The zero-order valence-electron chi connectivity index (χ0n) is 13.1. The molecule has 0 amide bonds. The van der Waals surface area contributed by atoms with E-state index in [1.54, 1.807) is 36.4 Å². The zero-order valence-corrected chi connectivity index (χ0v) is 13.1. The first-order valence-corrected chi connectivity index (χ1v) is 7.32. The van der Waals surface area contributed by atoms with Gasteiger partial charge in [-0.15, -0.1) is 0 Å². The van der Waals surface area contributed by atoms with Crippen molar-refractivity contribution in [2.45, 2.75) is 19.3 Å². The summed E-state index contributed by atoms with van der Waals surface area (Å²) in [6, 6.07) is 10.1. The number of fused-ring (bicyclic) bond motifs is 1. The highest BCUT2D eigenvalue weighted by Gasteiger charge is 2.15. The average Bonchev–Trinajstić information content (AvgIpc) is 2.60. The van der Waals surface area contributed by atoms with E-state index in [-0.39, 0.29) is 36.0 Å². The Morgan fingerprint density at radius 1 is 1.04 bits per heavy atom. The van der Waals surface area contributed by atoms with Gasteiger partial charge in [-0.1, -0.05) is 28.5 Å². The van der Waals surface area contributed by atoms with E-state index in [2.05, 4.69) is 15.0 Å². The number of nitrogens with zero attached hydrogens (tertiary/aromatic N) is 2. The Bertz CT molecular complexity index is 799. The van der Waals surface area contributed by atoms with Crippen LogP contribution in [0.1, 0.15) is 24.8 Å².